The van der Waals surface area contributed by atoms with E-state index in [0.717, 1.165) is 12.5 Å². The molecule has 7 nitrogen and oxygen atoms in total. The zero-order chi connectivity index (χ0) is 17.1. The third kappa shape index (κ3) is 3.22. The van der Waals surface area contributed by atoms with Crippen molar-refractivity contribution in [2.75, 3.05) is 11.4 Å². The number of nitrogens with one attached hydrogen (secondary N) is 1. The zero-order valence-corrected chi connectivity index (χ0v) is 12.8. The van der Waals surface area contributed by atoms with Crippen LogP contribution in [0.4, 0.5) is 15.8 Å². The van der Waals surface area contributed by atoms with Crippen LogP contribution in [0.2, 0.25) is 0 Å². The lowest BCUT2D eigenvalue weighted by atomic mass is 10.2. The number of hydrogen-bond acceptors (Lipinski definition) is 5. The maximum Gasteiger partial charge on any atom is 0.272 e. The first kappa shape index (κ1) is 16.0. The van der Waals surface area contributed by atoms with Gasteiger partial charge in [0.1, 0.15) is 11.8 Å². The molecular formula is C16H16FN3O4. The Labute approximate surface area is 137 Å². The second kappa shape index (κ2) is 6.69. The number of anilines is 1. The Morgan fingerprint density at radius 2 is 2.29 bits per heavy atom. The normalized spacial score (nSPS) is 17.0. The zero-order valence-electron chi connectivity index (χ0n) is 12.8. The Bertz CT molecular complexity index is 748. The number of rotatable bonds is 5. The first-order valence-electron chi connectivity index (χ1n) is 7.57. The molecule has 1 amide bonds. The third-order valence-corrected chi connectivity index (χ3v) is 4.02. The van der Waals surface area contributed by atoms with Crippen molar-refractivity contribution in [2.24, 2.45) is 0 Å². The lowest BCUT2D eigenvalue weighted by Gasteiger charge is -2.26. The van der Waals surface area contributed by atoms with E-state index >= 15 is 0 Å². The summed E-state index contributed by atoms with van der Waals surface area (Å²) in [6.07, 6.45) is 2.87. The van der Waals surface area contributed by atoms with Crippen LogP contribution in [-0.4, -0.2) is 23.4 Å². The highest BCUT2D eigenvalue weighted by atomic mass is 19.1. The molecule has 1 fully saturated rings. The number of amides is 1. The minimum Gasteiger partial charge on any atom is -0.467 e. The van der Waals surface area contributed by atoms with E-state index in [1.807, 2.05) is 0 Å². The van der Waals surface area contributed by atoms with Gasteiger partial charge in [0.05, 0.1) is 29.5 Å². The molecule has 1 aromatic heterocycles. The molecule has 0 bridgehead atoms. The van der Waals surface area contributed by atoms with E-state index in [1.165, 1.54) is 18.4 Å². The van der Waals surface area contributed by atoms with E-state index in [4.69, 9.17) is 4.42 Å². The minimum absolute atomic E-state index is 0.205. The van der Waals surface area contributed by atoms with Crippen LogP contribution in [0, 0.1) is 15.9 Å². The average molecular weight is 333 g/mol. The lowest BCUT2D eigenvalue weighted by molar-refractivity contribution is -0.385. The molecule has 0 saturated carbocycles. The van der Waals surface area contributed by atoms with Crippen LogP contribution in [0.5, 0.6) is 0 Å². The summed E-state index contributed by atoms with van der Waals surface area (Å²) in [7, 11) is 0. The number of non-ortho nitro benzene ring substituents is 1. The van der Waals surface area contributed by atoms with Gasteiger partial charge in [0.2, 0.25) is 5.91 Å². The molecule has 1 aliphatic rings. The Balaban J connectivity index is 1.73. The van der Waals surface area contributed by atoms with Crippen molar-refractivity contribution in [1.82, 2.24) is 5.32 Å². The number of benzene rings is 1. The van der Waals surface area contributed by atoms with E-state index in [-0.39, 0.29) is 23.8 Å². The fourth-order valence-electron chi connectivity index (χ4n) is 2.88. The van der Waals surface area contributed by atoms with Gasteiger partial charge in [-0.2, -0.15) is 0 Å². The van der Waals surface area contributed by atoms with Crippen molar-refractivity contribution in [3.05, 3.63) is 58.3 Å². The summed E-state index contributed by atoms with van der Waals surface area (Å²) in [5.74, 6) is -0.286. The van der Waals surface area contributed by atoms with Gasteiger partial charge < -0.3 is 14.6 Å². The van der Waals surface area contributed by atoms with E-state index in [1.54, 1.807) is 17.0 Å². The molecule has 126 valence electrons. The quantitative estimate of drug-likeness (QED) is 0.671. The molecule has 8 heteroatoms. The average Bonchev–Trinajstić information content (AvgIpc) is 3.24. The van der Waals surface area contributed by atoms with Crippen LogP contribution < -0.4 is 10.2 Å². The van der Waals surface area contributed by atoms with Crippen LogP contribution in [0.25, 0.3) is 0 Å². The molecule has 3 rings (SSSR count). The summed E-state index contributed by atoms with van der Waals surface area (Å²) in [6, 6.07) is 6.46. The van der Waals surface area contributed by atoms with Gasteiger partial charge in [0.15, 0.2) is 5.82 Å². The van der Waals surface area contributed by atoms with Crippen LogP contribution in [0.1, 0.15) is 18.6 Å². The predicted octanol–water partition coefficient (Wildman–Crippen LogP) is 2.61. The summed E-state index contributed by atoms with van der Waals surface area (Å²) in [6.45, 7) is 0.784. The summed E-state index contributed by atoms with van der Waals surface area (Å²) < 4.78 is 19.4. The summed E-state index contributed by atoms with van der Waals surface area (Å²) >= 11 is 0. The van der Waals surface area contributed by atoms with Gasteiger partial charge >= 0.3 is 0 Å². The second-order valence-corrected chi connectivity index (χ2v) is 5.54. The highest BCUT2D eigenvalue weighted by Crippen LogP contribution is 2.30. The topological polar surface area (TPSA) is 88.6 Å². The van der Waals surface area contributed by atoms with Crippen molar-refractivity contribution in [2.45, 2.75) is 25.4 Å². The summed E-state index contributed by atoms with van der Waals surface area (Å²) in [5.41, 5.74) is -0.106. The smallest absolute Gasteiger partial charge is 0.272 e. The predicted molar refractivity (Wildman–Crippen MR) is 84.0 cm³/mol. The van der Waals surface area contributed by atoms with Crippen molar-refractivity contribution in [1.29, 1.82) is 0 Å². The van der Waals surface area contributed by atoms with Crippen molar-refractivity contribution >= 4 is 17.3 Å². The van der Waals surface area contributed by atoms with Gasteiger partial charge in [-0.15, -0.1) is 0 Å². The molecule has 0 spiro atoms. The maximum absolute atomic E-state index is 14.2. The van der Waals surface area contributed by atoms with Crippen LogP contribution in [0.15, 0.2) is 41.0 Å². The van der Waals surface area contributed by atoms with Gasteiger partial charge in [0.25, 0.3) is 5.69 Å². The first-order valence-corrected chi connectivity index (χ1v) is 7.57. The molecule has 1 aromatic carbocycles. The van der Waals surface area contributed by atoms with Crippen molar-refractivity contribution < 1.29 is 18.5 Å². The summed E-state index contributed by atoms with van der Waals surface area (Å²) in [4.78, 5) is 24.1. The Morgan fingerprint density at radius 3 is 2.96 bits per heavy atom. The lowest BCUT2D eigenvalue weighted by Crippen LogP contribution is -2.43. The largest absolute Gasteiger partial charge is 0.467 e. The molecule has 2 heterocycles. The van der Waals surface area contributed by atoms with Crippen LogP contribution >= 0.6 is 0 Å². The van der Waals surface area contributed by atoms with Gasteiger partial charge in [-0.1, -0.05) is 0 Å². The number of nitrogens with zero attached hydrogens (tertiary/aromatic N) is 2. The number of nitro benzene ring substituents is 1. The SMILES string of the molecule is O=C(NCc1ccco1)[C@@H]1CCCN1c1ccc([N+](=O)[O-])cc1F. The molecule has 2 aromatic rings. The number of carbonyl (C=O) groups excluding carboxylic acids is 1. The van der Waals surface area contributed by atoms with Crippen LogP contribution in [0.3, 0.4) is 0 Å². The van der Waals surface area contributed by atoms with Gasteiger partial charge in [-0.25, -0.2) is 4.39 Å². The number of furan rings is 1. The van der Waals surface area contributed by atoms with Gasteiger partial charge in [-0.3, -0.25) is 14.9 Å². The molecule has 1 atom stereocenters. The van der Waals surface area contributed by atoms with Crippen molar-refractivity contribution in [3.63, 3.8) is 0 Å². The highest BCUT2D eigenvalue weighted by Gasteiger charge is 2.32. The third-order valence-electron chi connectivity index (χ3n) is 4.02. The summed E-state index contributed by atoms with van der Waals surface area (Å²) in [5, 5.41) is 13.5. The molecule has 0 aliphatic carbocycles. The Morgan fingerprint density at radius 1 is 1.46 bits per heavy atom. The first-order chi connectivity index (χ1) is 11.6. The highest BCUT2D eigenvalue weighted by molar-refractivity contribution is 5.86. The monoisotopic (exact) mass is 333 g/mol. The minimum atomic E-state index is -0.699. The Kier molecular flexibility index (Phi) is 4.45. The van der Waals surface area contributed by atoms with Gasteiger partial charge in [-0.05, 0) is 31.0 Å². The number of nitro groups is 1. The fourth-order valence-corrected chi connectivity index (χ4v) is 2.88. The number of carbonyl (C=O) groups is 1. The molecule has 0 unspecified atom stereocenters. The second-order valence-electron chi connectivity index (χ2n) is 5.54. The van der Waals surface area contributed by atoms with Gasteiger partial charge in [0, 0.05) is 12.6 Å². The molecule has 0 radical (unpaired) electrons. The molecule has 1 saturated heterocycles. The standard InChI is InChI=1S/C16H16FN3O4/c17-13-9-11(20(22)23)5-6-14(13)19-7-1-4-15(19)16(21)18-10-12-3-2-8-24-12/h2-3,5-6,8-9,15H,1,4,7,10H2,(H,18,21)/t15-/m0/s1. The number of hydrogen-bond donors (Lipinski definition) is 1. The fraction of sp³-hybridized carbons (Fsp3) is 0.312. The van der Waals surface area contributed by atoms with E-state index in [9.17, 15) is 19.3 Å². The number of halogens is 1. The van der Waals surface area contributed by atoms with E-state index in [2.05, 4.69) is 5.32 Å². The molecular weight excluding hydrogens is 317 g/mol. The molecule has 1 aliphatic heterocycles. The Hall–Kier alpha value is -2.90. The van der Waals surface area contributed by atoms with E-state index in [0.29, 0.717) is 18.7 Å². The van der Waals surface area contributed by atoms with Crippen molar-refractivity contribution in [3.8, 4) is 0 Å². The maximum atomic E-state index is 14.2. The molecule has 1 N–H and O–H groups in total. The molecule has 24 heavy (non-hydrogen) atoms. The van der Waals surface area contributed by atoms with E-state index < -0.39 is 16.8 Å². The van der Waals surface area contributed by atoms with Crippen LogP contribution in [-0.2, 0) is 11.3 Å².